The van der Waals surface area contributed by atoms with Crippen molar-refractivity contribution in [3.8, 4) is 44.5 Å². The zero-order valence-electron chi connectivity index (χ0n) is 34.7. The quantitative estimate of drug-likeness (QED) is 0.188. The second-order valence-electron chi connectivity index (χ2n) is 10.8. The Kier molecular flexibility index (Phi) is 3.87. The molecule has 9 aromatic rings. The minimum Gasteiger partial charge on any atom is -0.455 e. The summed E-state index contributed by atoms with van der Waals surface area (Å²) in [5, 5.41) is 2.67. The summed E-state index contributed by atoms with van der Waals surface area (Å²) >= 11 is 0. The van der Waals surface area contributed by atoms with E-state index in [2.05, 4.69) is 6.07 Å². The molecule has 0 fully saturated rings. The molecule has 0 amide bonds. The number of fused-ring (bicyclic) bond motifs is 5. The summed E-state index contributed by atoms with van der Waals surface area (Å²) in [5.41, 5.74) is 3.60. The van der Waals surface area contributed by atoms with Crippen molar-refractivity contribution < 1.29 is 19.5 Å². The molecule has 210 valence electrons. The fourth-order valence-corrected chi connectivity index (χ4v) is 6.41. The van der Waals surface area contributed by atoms with E-state index in [1.165, 1.54) is 0 Å². The predicted octanol–water partition coefficient (Wildman–Crippen LogP) is 12.6. The van der Waals surface area contributed by atoms with Crippen LogP contribution < -0.4 is 0 Å². The molecule has 0 N–H and O–H groups in total. The van der Waals surface area contributed by atoms with Crippen LogP contribution in [0.25, 0.3) is 88.0 Å². The second-order valence-corrected chi connectivity index (χ2v) is 10.8. The first-order valence-electron chi connectivity index (χ1n) is 20.0. The summed E-state index contributed by atoms with van der Waals surface area (Å²) in [6.07, 6.45) is 0. The third kappa shape index (κ3) is 4.09. The van der Waals surface area contributed by atoms with Crippen LogP contribution in [0.3, 0.4) is 0 Å². The first kappa shape index (κ1) is 16.8. The van der Waals surface area contributed by atoms with Crippen molar-refractivity contribution in [2.24, 2.45) is 0 Å². The van der Waals surface area contributed by atoms with Gasteiger partial charge in [0.05, 0.1) is 15.1 Å². The summed E-state index contributed by atoms with van der Waals surface area (Å²) in [6.45, 7) is 0. The normalized spacial score (nSPS) is 15.0. The van der Waals surface area contributed by atoms with Crippen LogP contribution in [0.1, 0.15) is 15.1 Å². The average Bonchev–Trinajstić information content (AvgIpc) is 3.63. The molecule has 0 unspecified atom stereocenters. The van der Waals surface area contributed by atoms with Gasteiger partial charge in [-0.15, -0.1) is 0 Å². The zero-order valence-corrected chi connectivity index (χ0v) is 23.7. The van der Waals surface area contributed by atoms with Gasteiger partial charge in [-0.25, -0.2) is 0 Å². The lowest BCUT2D eigenvalue weighted by atomic mass is 9.83. The second kappa shape index (κ2) is 10.4. The van der Waals surface area contributed by atoms with Crippen molar-refractivity contribution in [3.63, 3.8) is 0 Å². The Balaban J connectivity index is 1.51. The summed E-state index contributed by atoms with van der Waals surface area (Å²) < 4.78 is 104. The number of para-hydroxylation sites is 1. The summed E-state index contributed by atoms with van der Waals surface area (Å²) in [5.74, 6) is 0. The molecular weight excluding hydrogens is 544 g/mol. The fraction of sp³-hybridized carbons (Fsp3) is 0. The SMILES string of the molecule is [2H]c1c([2H])c([2H])c(-c2c(-c3c4ccccc4c(-c4cccc(-c5ccccc5)c4)c4ccccc34)c([2H])c([2H])c3c2oc2c([2H])c([2H])c([2H])c([2H])c23)c([2H])c1[2H]. The van der Waals surface area contributed by atoms with E-state index in [-0.39, 0.29) is 44.7 Å². The molecule has 1 nitrogen and oxygen atoms in total. The van der Waals surface area contributed by atoms with E-state index in [4.69, 9.17) is 16.8 Å². The lowest BCUT2D eigenvalue weighted by molar-refractivity contribution is 0.670. The zero-order chi connectivity index (χ0) is 39.3. The Bertz CT molecular complexity index is 3070. The fourth-order valence-electron chi connectivity index (χ4n) is 6.41. The van der Waals surface area contributed by atoms with Gasteiger partial charge in [-0.3, -0.25) is 0 Å². The molecule has 0 atom stereocenters. The van der Waals surface area contributed by atoms with Crippen molar-refractivity contribution >= 4 is 43.5 Å². The number of hydrogen-bond donors (Lipinski definition) is 0. The first-order chi connectivity index (χ1) is 26.9. The smallest absolute Gasteiger partial charge is 0.143 e. The van der Waals surface area contributed by atoms with E-state index in [1.807, 2.05) is 97.1 Å². The molecule has 0 saturated heterocycles. The Labute approximate surface area is 277 Å². The molecule has 1 aromatic heterocycles. The summed E-state index contributed by atoms with van der Waals surface area (Å²) in [4.78, 5) is 0. The van der Waals surface area contributed by atoms with Crippen LogP contribution >= 0.6 is 0 Å². The minimum atomic E-state index is -0.620. The van der Waals surface area contributed by atoms with Crippen molar-refractivity contribution in [1.29, 1.82) is 0 Å². The number of furan rings is 1. The van der Waals surface area contributed by atoms with Crippen LogP contribution in [0.5, 0.6) is 0 Å². The molecule has 0 aliphatic carbocycles. The topological polar surface area (TPSA) is 13.1 Å². The van der Waals surface area contributed by atoms with E-state index in [9.17, 15) is 2.74 Å². The lowest BCUT2D eigenvalue weighted by Crippen LogP contribution is -1.93. The highest BCUT2D eigenvalue weighted by Gasteiger charge is 2.22. The highest BCUT2D eigenvalue weighted by atomic mass is 16.3. The van der Waals surface area contributed by atoms with Gasteiger partial charge in [0.25, 0.3) is 0 Å². The standard InChI is InChI=1S/C44H28O/c1-3-14-29(15-4-1)31-18-13-19-32(28-31)41-34-21-7-9-23-36(34)43(37-24-10-8-22-35(37)41)39-27-26-38-33-20-11-12-25-40(33)45-44(38)42(39)30-16-5-2-6-17-30/h1-28H/i2D,5D,6D,11D,12D,16D,17D,20D,25D,26D,27D. The molecule has 9 rings (SSSR count). The number of rotatable bonds is 4. The van der Waals surface area contributed by atoms with Gasteiger partial charge in [0.1, 0.15) is 11.2 Å². The minimum absolute atomic E-state index is 0.0623. The third-order valence-corrected chi connectivity index (χ3v) is 8.31. The van der Waals surface area contributed by atoms with Crippen LogP contribution in [0.2, 0.25) is 0 Å². The van der Waals surface area contributed by atoms with Crippen molar-refractivity contribution in [1.82, 2.24) is 0 Å². The number of hydrogen-bond acceptors (Lipinski definition) is 1. The highest BCUT2D eigenvalue weighted by Crippen LogP contribution is 2.49. The van der Waals surface area contributed by atoms with Gasteiger partial charge < -0.3 is 4.42 Å². The van der Waals surface area contributed by atoms with Gasteiger partial charge >= 0.3 is 0 Å². The summed E-state index contributed by atoms with van der Waals surface area (Å²) in [7, 11) is 0. The van der Waals surface area contributed by atoms with Gasteiger partial charge in [0.15, 0.2) is 0 Å². The largest absolute Gasteiger partial charge is 0.455 e. The van der Waals surface area contributed by atoms with Crippen LogP contribution in [0.15, 0.2) is 174 Å². The molecular formula is C44H28O. The van der Waals surface area contributed by atoms with Crippen LogP contribution in [0.4, 0.5) is 0 Å². The van der Waals surface area contributed by atoms with Crippen LogP contribution in [-0.2, 0) is 0 Å². The van der Waals surface area contributed by atoms with E-state index in [0.29, 0.717) is 16.3 Å². The van der Waals surface area contributed by atoms with E-state index < -0.39 is 60.4 Å². The van der Waals surface area contributed by atoms with E-state index >= 15 is 0 Å². The van der Waals surface area contributed by atoms with Crippen molar-refractivity contribution in [2.45, 2.75) is 0 Å². The first-order valence-corrected chi connectivity index (χ1v) is 14.5. The molecule has 1 heterocycles. The van der Waals surface area contributed by atoms with Gasteiger partial charge in [0.2, 0.25) is 0 Å². The lowest BCUT2D eigenvalue weighted by Gasteiger charge is -2.20. The van der Waals surface area contributed by atoms with Gasteiger partial charge in [-0.2, -0.15) is 0 Å². The van der Waals surface area contributed by atoms with Crippen molar-refractivity contribution in [2.75, 3.05) is 0 Å². The van der Waals surface area contributed by atoms with Gasteiger partial charge in [-0.1, -0.05) is 151 Å². The average molecular weight is 584 g/mol. The highest BCUT2D eigenvalue weighted by molar-refractivity contribution is 6.24. The maximum atomic E-state index is 9.75. The van der Waals surface area contributed by atoms with E-state index in [0.717, 1.165) is 33.0 Å². The molecule has 0 radical (unpaired) electrons. The molecule has 45 heavy (non-hydrogen) atoms. The molecule has 0 bridgehead atoms. The Hall–Kier alpha value is -5.92. The van der Waals surface area contributed by atoms with E-state index in [1.54, 1.807) is 0 Å². The maximum Gasteiger partial charge on any atom is 0.143 e. The third-order valence-electron chi connectivity index (χ3n) is 8.31. The van der Waals surface area contributed by atoms with Crippen LogP contribution in [0, 0.1) is 0 Å². The molecule has 8 aromatic carbocycles. The Morgan fingerprint density at radius 2 is 0.978 bits per heavy atom. The Morgan fingerprint density at radius 3 is 1.71 bits per heavy atom. The molecule has 0 spiro atoms. The maximum absolute atomic E-state index is 9.75. The molecule has 0 saturated carbocycles. The summed E-state index contributed by atoms with van der Waals surface area (Å²) in [6, 6.07) is 27.6. The monoisotopic (exact) mass is 583 g/mol. The van der Waals surface area contributed by atoms with Gasteiger partial charge in [-0.05, 0) is 78.6 Å². The van der Waals surface area contributed by atoms with Crippen molar-refractivity contribution in [3.05, 3.63) is 170 Å². The predicted molar refractivity (Wildman–Crippen MR) is 190 cm³/mol. The Morgan fingerprint density at radius 1 is 0.378 bits per heavy atom. The number of benzene rings is 8. The molecule has 0 aliphatic heterocycles. The van der Waals surface area contributed by atoms with Gasteiger partial charge in [0, 0.05) is 16.3 Å². The van der Waals surface area contributed by atoms with Crippen LogP contribution in [-0.4, -0.2) is 0 Å². The molecule has 1 heteroatoms. The molecule has 0 aliphatic rings.